The second-order valence-electron chi connectivity index (χ2n) is 7.67. The third-order valence-corrected chi connectivity index (χ3v) is 6.86. The Labute approximate surface area is 165 Å². The molecule has 9 heteroatoms. The van der Waals surface area contributed by atoms with Crippen LogP contribution in [0.3, 0.4) is 0 Å². The van der Waals surface area contributed by atoms with E-state index in [2.05, 4.69) is 24.5 Å². The highest BCUT2D eigenvalue weighted by Gasteiger charge is 2.34. The van der Waals surface area contributed by atoms with Gasteiger partial charge in [-0.1, -0.05) is 13.8 Å². The minimum Gasteiger partial charge on any atom is -0.482 e. The molecule has 1 atom stereocenters. The Bertz CT molecular complexity index is 853. The number of anilines is 1. The molecular weight excluding hydrogens is 382 g/mol. The number of benzene rings is 1. The van der Waals surface area contributed by atoms with E-state index in [0.717, 1.165) is 6.42 Å². The fraction of sp³-hybridized carbons (Fsp3) is 0.579. The summed E-state index contributed by atoms with van der Waals surface area (Å²) in [6.07, 6.45) is 2.20. The maximum absolute atomic E-state index is 13.1. The van der Waals surface area contributed by atoms with Crippen molar-refractivity contribution < 1.29 is 22.7 Å². The van der Waals surface area contributed by atoms with Crippen molar-refractivity contribution in [3.63, 3.8) is 0 Å². The van der Waals surface area contributed by atoms with Crippen LogP contribution in [0.4, 0.5) is 5.69 Å². The van der Waals surface area contributed by atoms with Crippen LogP contribution in [0, 0.1) is 11.8 Å². The van der Waals surface area contributed by atoms with E-state index in [-0.39, 0.29) is 35.8 Å². The first kappa shape index (κ1) is 20.6. The number of nitrogens with one attached hydrogen (secondary N) is 2. The summed E-state index contributed by atoms with van der Waals surface area (Å²) in [5, 5.41) is 5.54. The molecule has 8 nitrogen and oxygen atoms in total. The number of hydrogen-bond donors (Lipinski definition) is 2. The number of hydrogen-bond acceptors (Lipinski definition) is 5. The van der Waals surface area contributed by atoms with Crippen molar-refractivity contribution in [2.75, 3.05) is 31.6 Å². The van der Waals surface area contributed by atoms with Crippen LogP contribution in [-0.4, -0.2) is 50.8 Å². The molecule has 2 aliphatic rings. The van der Waals surface area contributed by atoms with Gasteiger partial charge in [0.15, 0.2) is 6.61 Å². The number of sulfonamides is 1. The molecule has 0 spiro atoms. The number of carbonyl (C=O) groups excluding carboxylic acids is 2. The molecule has 0 aliphatic carbocycles. The Kier molecular flexibility index (Phi) is 6.24. The van der Waals surface area contributed by atoms with E-state index in [1.807, 2.05) is 0 Å². The number of nitrogens with zero attached hydrogens (tertiary/aromatic N) is 1. The van der Waals surface area contributed by atoms with Crippen LogP contribution >= 0.6 is 0 Å². The van der Waals surface area contributed by atoms with E-state index in [0.29, 0.717) is 43.3 Å². The SMILES string of the molecule is CC(C)CCNC(=O)[C@H]1CCCN(S(=O)(=O)c2ccc3c(c2)NC(=O)CO3)C1. The van der Waals surface area contributed by atoms with Gasteiger partial charge in [0, 0.05) is 19.6 Å². The average molecular weight is 410 g/mol. The summed E-state index contributed by atoms with van der Waals surface area (Å²) in [4.78, 5) is 24.0. The lowest BCUT2D eigenvalue weighted by molar-refractivity contribution is -0.126. The predicted molar refractivity (Wildman–Crippen MR) is 105 cm³/mol. The third kappa shape index (κ3) is 4.64. The zero-order chi connectivity index (χ0) is 20.3. The first-order valence-corrected chi connectivity index (χ1v) is 11.1. The molecule has 0 unspecified atom stereocenters. The molecular formula is C19H27N3O5S. The second-order valence-corrected chi connectivity index (χ2v) is 9.61. The molecule has 1 saturated heterocycles. The van der Waals surface area contributed by atoms with Crippen molar-refractivity contribution in [1.82, 2.24) is 9.62 Å². The maximum Gasteiger partial charge on any atom is 0.262 e. The zero-order valence-electron chi connectivity index (χ0n) is 16.2. The molecule has 0 bridgehead atoms. The number of rotatable bonds is 6. The molecule has 2 aliphatic heterocycles. The summed E-state index contributed by atoms with van der Waals surface area (Å²) in [5.74, 6) is 0.178. The molecule has 2 amide bonds. The standard InChI is InChI=1S/C19H27N3O5S/c1-13(2)7-8-20-19(24)14-4-3-9-22(11-14)28(25,26)15-5-6-17-16(10-15)21-18(23)12-27-17/h5-6,10,13-14H,3-4,7-9,11-12H2,1-2H3,(H,20,24)(H,21,23)/t14-/m0/s1. The van der Waals surface area contributed by atoms with Gasteiger partial charge >= 0.3 is 0 Å². The van der Waals surface area contributed by atoms with Gasteiger partial charge in [0.25, 0.3) is 5.91 Å². The van der Waals surface area contributed by atoms with Gasteiger partial charge in [-0.15, -0.1) is 0 Å². The molecule has 2 N–H and O–H groups in total. The van der Waals surface area contributed by atoms with Gasteiger partial charge in [-0.25, -0.2) is 8.42 Å². The average Bonchev–Trinajstić information content (AvgIpc) is 2.67. The lowest BCUT2D eigenvalue weighted by Crippen LogP contribution is -2.45. The Morgan fingerprint density at radius 1 is 1.39 bits per heavy atom. The van der Waals surface area contributed by atoms with E-state index >= 15 is 0 Å². The summed E-state index contributed by atoms with van der Waals surface area (Å²) in [6, 6.07) is 4.42. The fourth-order valence-corrected chi connectivity index (χ4v) is 4.93. The third-order valence-electron chi connectivity index (χ3n) is 5.00. The monoisotopic (exact) mass is 409 g/mol. The van der Waals surface area contributed by atoms with Gasteiger partial charge in [0.05, 0.1) is 16.5 Å². The van der Waals surface area contributed by atoms with Crippen LogP contribution in [-0.2, 0) is 19.6 Å². The van der Waals surface area contributed by atoms with Gasteiger partial charge in [0.2, 0.25) is 15.9 Å². The highest BCUT2D eigenvalue weighted by molar-refractivity contribution is 7.89. The second kappa shape index (κ2) is 8.48. The van der Waals surface area contributed by atoms with Crippen LogP contribution in [0.1, 0.15) is 33.1 Å². The number of ether oxygens (including phenoxy) is 1. The van der Waals surface area contributed by atoms with E-state index in [9.17, 15) is 18.0 Å². The fourth-order valence-electron chi connectivity index (χ4n) is 3.37. The van der Waals surface area contributed by atoms with Gasteiger partial charge < -0.3 is 15.4 Å². The number of carbonyl (C=O) groups is 2. The van der Waals surface area contributed by atoms with Crippen molar-refractivity contribution in [1.29, 1.82) is 0 Å². The largest absolute Gasteiger partial charge is 0.482 e. The van der Waals surface area contributed by atoms with Crippen LogP contribution in [0.25, 0.3) is 0 Å². The maximum atomic E-state index is 13.1. The van der Waals surface area contributed by atoms with Crippen LogP contribution in [0.15, 0.2) is 23.1 Å². The van der Waals surface area contributed by atoms with Crippen LogP contribution < -0.4 is 15.4 Å². The van der Waals surface area contributed by atoms with Crippen molar-refractivity contribution in [3.05, 3.63) is 18.2 Å². The Balaban J connectivity index is 1.70. The highest BCUT2D eigenvalue weighted by atomic mass is 32.2. The lowest BCUT2D eigenvalue weighted by atomic mass is 9.98. The van der Waals surface area contributed by atoms with Crippen molar-refractivity contribution in [2.45, 2.75) is 38.0 Å². The molecule has 0 aromatic heterocycles. The van der Waals surface area contributed by atoms with Crippen molar-refractivity contribution in [3.8, 4) is 5.75 Å². The van der Waals surface area contributed by atoms with Crippen LogP contribution in [0.5, 0.6) is 5.75 Å². The van der Waals surface area contributed by atoms with Crippen molar-refractivity contribution >= 4 is 27.5 Å². The Hall–Kier alpha value is -2.13. The quantitative estimate of drug-likeness (QED) is 0.742. The van der Waals surface area contributed by atoms with Crippen LogP contribution in [0.2, 0.25) is 0 Å². The van der Waals surface area contributed by atoms with E-state index < -0.39 is 10.0 Å². The van der Waals surface area contributed by atoms with E-state index in [1.54, 1.807) is 6.07 Å². The van der Waals surface area contributed by atoms with Gasteiger partial charge in [-0.2, -0.15) is 4.31 Å². The van der Waals surface area contributed by atoms with Gasteiger partial charge in [-0.3, -0.25) is 9.59 Å². The molecule has 1 aromatic carbocycles. The molecule has 1 fully saturated rings. The molecule has 28 heavy (non-hydrogen) atoms. The van der Waals surface area contributed by atoms with Crippen molar-refractivity contribution in [2.24, 2.45) is 11.8 Å². The molecule has 0 radical (unpaired) electrons. The van der Waals surface area contributed by atoms with E-state index in [4.69, 9.17) is 4.74 Å². The first-order chi connectivity index (χ1) is 13.3. The summed E-state index contributed by atoms with van der Waals surface area (Å²) in [5.41, 5.74) is 0.345. The minimum absolute atomic E-state index is 0.0814. The minimum atomic E-state index is -3.77. The first-order valence-electron chi connectivity index (χ1n) is 9.62. The molecule has 2 heterocycles. The highest BCUT2D eigenvalue weighted by Crippen LogP contribution is 2.32. The molecule has 3 rings (SSSR count). The topological polar surface area (TPSA) is 105 Å². The predicted octanol–water partition coefficient (Wildman–Crippen LogP) is 1.58. The number of amides is 2. The Morgan fingerprint density at radius 3 is 2.93 bits per heavy atom. The Morgan fingerprint density at radius 2 is 2.18 bits per heavy atom. The summed E-state index contributed by atoms with van der Waals surface area (Å²) in [7, 11) is -3.77. The lowest BCUT2D eigenvalue weighted by Gasteiger charge is -2.31. The molecule has 154 valence electrons. The summed E-state index contributed by atoms with van der Waals surface area (Å²) < 4.78 is 32.8. The number of fused-ring (bicyclic) bond motifs is 1. The molecule has 0 saturated carbocycles. The molecule has 1 aromatic rings. The van der Waals surface area contributed by atoms with Gasteiger partial charge in [-0.05, 0) is 43.4 Å². The summed E-state index contributed by atoms with van der Waals surface area (Å²) >= 11 is 0. The zero-order valence-corrected chi connectivity index (χ0v) is 17.0. The van der Waals surface area contributed by atoms with E-state index in [1.165, 1.54) is 16.4 Å². The smallest absolute Gasteiger partial charge is 0.262 e. The number of piperidine rings is 1. The summed E-state index contributed by atoms with van der Waals surface area (Å²) in [6.45, 7) is 5.23. The van der Waals surface area contributed by atoms with Gasteiger partial charge in [0.1, 0.15) is 5.75 Å². The normalized spacial score (nSPS) is 20.2.